The summed E-state index contributed by atoms with van der Waals surface area (Å²) in [6, 6.07) is 6.59. The molecule has 1 saturated carbocycles. The van der Waals surface area contributed by atoms with Crippen LogP contribution >= 0.6 is 22.1 Å². The second kappa shape index (κ2) is 5.74. The summed E-state index contributed by atoms with van der Waals surface area (Å²) in [4.78, 5) is 0.572. The van der Waals surface area contributed by atoms with Crippen LogP contribution in [0.5, 0.6) is 0 Å². The van der Waals surface area contributed by atoms with Crippen LogP contribution in [0.4, 0.5) is 13.2 Å². The zero-order valence-electron chi connectivity index (χ0n) is 10.5. The van der Waals surface area contributed by atoms with Gasteiger partial charge >= 0.3 is 5.51 Å². The molecule has 3 rings (SSSR count). The number of hydrogen-bond donors (Lipinski definition) is 0. The van der Waals surface area contributed by atoms with Crippen molar-refractivity contribution in [3.05, 3.63) is 34.2 Å². The second-order valence-electron chi connectivity index (χ2n) is 4.96. The van der Waals surface area contributed by atoms with Crippen LogP contribution in [-0.4, -0.2) is 0 Å². The molecule has 0 saturated heterocycles. The lowest BCUT2D eigenvalue weighted by atomic mass is 10.1. The Morgan fingerprint density at radius 2 is 1.75 bits per heavy atom. The maximum atomic E-state index is 13.4. The standard InChI is InChI=1S/C14H13ClF3S.ClH/c15-11-6-5-10-7-12(9-3-1-2-4-9)19(13(10)8-11)14(16,17)18;/h5-9H,1-4H2;1H/q+1;/p-1. The van der Waals surface area contributed by atoms with E-state index in [1.165, 1.54) is 6.07 Å². The Labute approximate surface area is 129 Å². The van der Waals surface area contributed by atoms with Gasteiger partial charge in [0.25, 0.3) is 0 Å². The van der Waals surface area contributed by atoms with Crippen LogP contribution in [-0.2, 0) is 5.51 Å². The maximum Gasteiger partial charge on any atom is 0.600 e. The van der Waals surface area contributed by atoms with Crippen LogP contribution in [0.25, 0.3) is 10.1 Å². The van der Waals surface area contributed by atoms with Crippen molar-refractivity contribution in [2.24, 2.45) is 0 Å². The van der Waals surface area contributed by atoms with Gasteiger partial charge < -0.3 is 12.4 Å². The monoisotopic (exact) mass is 340 g/mol. The van der Waals surface area contributed by atoms with Crippen molar-refractivity contribution in [2.45, 2.75) is 37.1 Å². The number of benzene rings is 1. The Morgan fingerprint density at radius 1 is 1.10 bits per heavy atom. The van der Waals surface area contributed by atoms with Crippen LogP contribution in [0.2, 0.25) is 5.02 Å². The van der Waals surface area contributed by atoms with Crippen molar-refractivity contribution in [2.75, 3.05) is 0 Å². The molecule has 0 nitrogen and oxygen atoms in total. The topological polar surface area (TPSA) is 0 Å². The van der Waals surface area contributed by atoms with E-state index in [2.05, 4.69) is 0 Å². The molecule has 6 heteroatoms. The predicted octanol–water partition coefficient (Wildman–Crippen LogP) is 3.38. The van der Waals surface area contributed by atoms with Gasteiger partial charge in [-0.05, 0) is 25.0 Å². The average molecular weight is 341 g/mol. The molecule has 0 N–H and O–H groups in total. The highest BCUT2D eigenvalue weighted by Crippen LogP contribution is 2.55. The van der Waals surface area contributed by atoms with E-state index in [4.69, 9.17) is 11.6 Å². The van der Waals surface area contributed by atoms with Crippen LogP contribution in [0, 0.1) is 0 Å². The number of halogens is 5. The van der Waals surface area contributed by atoms with Crippen LogP contribution < -0.4 is 12.4 Å². The summed E-state index contributed by atoms with van der Waals surface area (Å²) in [6.07, 6.45) is 3.84. The minimum atomic E-state index is -4.20. The normalized spacial score (nSPS) is 17.5. The van der Waals surface area contributed by atoms with Gasteiger partial charge in [-0.2, -0.15) is 0 Å². The molecule has 0 bridgehead atoms. The molecule has 1 aromatic carbocycles. The zero-order valence-corrected chi connectivity index (χ0v) is 12.8. The van der Waals surface area contributed by atoms with Crippen molar-refractivity contribution in [3.8, 4) is 0 Å². The average Bonchev–Trinajstić information content (AvgIpc) is 2.92. The molecule has 1 heterocycles. The third-order valence-corrected chi connectivity index (χ3v) is 6.13. The van der Waals surface area contributed by atoms with Gasteiger partial charge in [0.1, 0.15) is 0 Å². The third-order valence-electron chi connectivity index (χ3n) is 3.72. The highest BCUT2D eigenvalue weighted by Gasteiger charge is 2.49. The minimum absolute atomic E-state index is 0. The van der Waals surface area contributed by atoms with Gasteiger partial charge in [0.15, 0.2) is 9.58 Å². The lowest BCUT2D eigenvalue weighted by Gasteiger charge is -2.05. The largest absolute Gasteiger partial charge is 1.00 e. The molecule has 20 heavy (non-hydrogen) atoms. The minimum Gasteiger partial charge on any atom is -1.00 e. The summed E-state index contributed by atoms with van der Waals surface area (Å²) in [7, 11) is -1.78. The highest BCUT2D eigenvalue weighted by atomic mass is 35.5. The zero-order chi connectivity index (χ0) is 13.6. The summed E-state index contributed by atoms with van der Waals surface area (Å²) >= 11 is 5.86. The first-order chi connectivity index (χ1) is 8.97. The summed E-state index contributed by atoms with van der Waals surface area (Å²) in [5.74, 6) is 0.0936. The molecule has 1 aliphatic rings. The fraction of sp³-hybridized carbons (Fsp3) is 0.429. The van der Waals surface area contributed by atoms with Crippen molar-refractivity contribution < 1.29 is 25.6 Å². The first-order valence-electron chi connectivity index (χ1n) is 6.29. The fourth-order valence-electron chi connectivity index (χ4n) is 2.90. The summed E-state index contributed by atoms with van der Waals surface area (Å²) < 4.78 is 40.6. The Morgan fingerprint density at radius 3 is 2.35 bits per heavy atom. The number of alkyl halides is 3. The van der Waals surface area contributed by atoms with Gasteiger partial charge in [0.2, 0.25) is 0 Å². The SMILES string of the molecule is FC(F)(F)[s+]1c(C2CCCC2)cc2ccc(Cl)cc21.[Cl-]. The van der Waals surface area contributed by atoms with E-state index in [1.54, 1.807) is 18.2 Å². The third kappa shape index (κ3) is 2.78. The molecule has 1 fully saturated rings. The number of rotatable bonds is 1. The Bertz CT molecular complexity index is 613. The van der Waals surface area contributed by atoms with Gasteiger partial charge in [-0.3, -0.25) is 0 Å². The quantitative estimate of drug-likeness (QED) is 0.698. The Hall–Kier alpha value is -0.450. The van der Waals surface area contributed by atoms with Crippen LogP contribution in [0.15, 0.2) is 24.3 Å². The Kier molecular flexibility index (Phi) is 4.57. The van der Waals surface area contributed by atoms with Crippen LogP contribution in [0.1, 0.15) is 36.5 Å². The van der Waals surface area contributed by atoms with E-state index in [0.717, 1.165) is 25.7 Å². The number of hydrogen-bond acceptors (Lipinski definition) is 0. The van der Waals surface area contributed by atoms with Gasteiger partial charge in [-0.25, -0.2) is 0 Å². The molecular weight excluding hydrogens is 328 g/mol. The first kappa shape index (κ1) is 15.9. The van der Waals surface area contributed by atoms with E-state index in [1.807, 2.05) is 0 Å². The van der Waals surface area contributed by atoms with E-state index in [0.29, 0.717) is 20.0 Å². The van der Waals surface area contributed by atoms with Crippen molar-refractivity contribution in [1.82, 2.24) is 0 Å². The lowest BCUT2D eigenvalue weighted by Crippen LogP contribution is -3.00. The first-order valence-corrected chi connectivity index (χ1v) is 7.89. The number of thiophene rings is 1. The summed E-state index contributed by atoms with van der Waals surface area (Å²) in [6.45, 7) is 0. The summed E-state index contributed by atoms with van der Waals surface area (Å²) in [5, 5.41) is 1.06. The van der Waals surface area contributed by atoms with E-state index in [-0.39, 0.29) is 18.3 Å². The molecule has 110 valence electrons. The number of fused-ring (bicyclic) bond motifs is 1. The smallest absolute Gasteiger partial charge is 0.600 e. The predicted molar refractivity (Wildman–Crippen MR) is 73.9 cm³/mol. The van der Waals surface area contributed by atoms with E-state index < -0.39 is 16.0 Å². The van der Waals surface area contributed by atoms with Crippen molar-refractivity contribution in [3.63, 3.8) is 0 Å². The second-order valence-corrected chi connectivity index (χ2v) is 7.39. The molecule has 2 aromatic rings. The molecule has 1 aromatic heterocycles. The molecule has 1 unspecified atom stereocenters. The highest BCUT2D eigenvalue weighted by molar-refractivity contribution is 7.38. The van der Waals surface area contributed by atoms with Crippen molar-refractivity contribution in [1.29, 1.82) is 0 Å². The van der Waals surface area contributed by atoms with Gasteiger partial charge in [0.05, 0.1) is 10.5 Å². The van der Waals surface area contributed by atoms with Gasteiger partial charge in [-0.15, -0.1) is 13.2 Å². The molecule has 1 atom stereocenters. The Balaban J connectivity index is 0.00000147. The van der Waals surface area contributed by atoms with Gasteiger partial charge in [-0.1, -0.05) is 24.4 Å². The van der Waals surface area contributed by atoms with E-state index >= 15 is 0 Å². The van der Waals surface area contributed by atoms with Crippen LogP contribution in [0.3, 0.4) is 0 Å². The molecule has 0 amide bonds. The molecule has 0 spiro atoms. The summed E-state index contributed by atoms with van der Waals surface area (Å²) in [5.41, 5.74) is -4.20. The maximum absolute atomic E-state index is 13.4. The van der Waals surface area contributed by atoms with E-state index in [9.17, 15) is 13.2 Å². The molecular formula is C14H13Cl2F3S. The molecule has 0 radical (unpaired) electrons. The lowest BCUT2D eigenvalue weighted by molar-refractivity contribution is -0.0868. The van der Waals surface area contributed by atoms with Gasteiger partial charge in [0, 0.05) is 28.5 Å². The molecule has 0 aliphatic heterocycles. The molecule has 1 aliphatic carbocycles. The fourth-order valence-corrected chi connectivity index (χ4v) is 5.33. The van der Waals surface area contributed by atoms with Crippen molar-refractivity contribution >= 4 is 32.2 Å².